The van der Waals surface area contributed by atoms with Crippen LogP contribution in [0.3, 0.4) is 0 Å². The summed E-state index contributed by atoms with van der Waals surface area (Å²) in [6, 6.07) is 9.27. The number of carbonyl (C=O) groups is 1. The third-order valence-corrected chi connectivity index (χ3v) is 2.84. The standard InChI is InChI=1S/C15H16N2O2/c1-11-5-3-7-13(14(11)19-2)15(18)17-10-12-6-4-8-16-9-12/h3-9H,10H2,1-2H3,(H,17,18). The summed E-state index contributed by atoms with van der Waals surface area (Å²) in [5.74, 6) is 0.468. The largest absolute Gasteiger partial charge is 0.496 e. The number of ether oxygens (including phenoxy) is 1. The lowest BCUT2D eigenvalue weighted by atomic mass is 10.1. The predicted molar refractivity (Wildman–Crippen MR) is 73.1 cm³/mol. The van der Waals surface area contributed by atoms with E-state index in [-0.39, 0.29) is 5.91 Å². The van der Waals surface area contributed by atoms with Crippen molar-refractivity contribution < 1.29 is 9.53 Å². The monoisotopic (exact) mass is 256 g/mol. The Balaban J connectivity index is 2.10. The summed E-state index contributed by atoms with van der Waals surface area (Å²) < 4.78 is 5.28. The molecule has 0 saturated carbocycles. The number of rotatable bonds is 4. The smallest absolute Gasteiger partial charge is 0.255 e. The summed E-state index contributed by atoms with van der Waals surface area (Å²) in [5.41, 5.74) is 2.45. The van der Waals surface area contributed by atoms with Gasteiger partial charge in [-0.25, -0.2) is 0 Å². The Hall–Kier alpha value is -2.36. The van der Waals surface area contributed by atoms with E-state index in [1.807, 2.05) is 31.2 Å². The maximum absolute atomic E-state index is 12.1. The number of hydrogen-bond donors (Lipinski definition) is 1. The van der Waals surface area contributed by atoms with Crippen LogP contribution in [0.15, 0.2) is 42.7 Å². The van der Waals surface area contributed by atoms with E-state index in [1.165, 1.54) is 0 Å². The second-order valence-electron chi connectivity index (χ2n) is 4.20. The zero-order valence-electron chi connectivity index (χ0n) is 11.0. The van der Waals surface area contributed by atoms with Crippen molar-refractivity contribution in [2.45, 2.75) is 13.5 Å². The number of benzene rings is 1. The highest BCUT2D eigenvalue weighted by molar-refractivity contribution is 5.97. The van der Waals surface area contributed by atoms with Crippen molar-refractivity contribution in [3.63, 3.8) is 0 Å². The average Bonchev–Trinajstić information content (AvgIpc) is 2.45. The Morgan fingerprint density at radius 2 is 2.16 bits per heavy atom. The van der Waals surface area contributed by atoms with E-state index < -0.39 is 0 Å². The van der Waals surface area contributed by atoms with E-state index in [0.717, 1.165) is 11.1 Å². The van der Waals surface area contributed by atoms with E-state index >= 15 is 0 Å². The van der Waals surface area contributed by atoms with Gasteiger partial charge in [0.05, 0.1) is 12.7 Å². The van der Waals surface area contributed by atoms with E-state index in [1.54, 1.807) is 25.6 Å². The zero-order valence-corrected chi connectivity index (χ0v) is 11.0. The molecule has 1 amide bonds. The Morgan fingerprint density at radius 3 is 2.84 bits per heavy atom. The molecule has 0 radical (unpaired) electrons. The zero-order chi connectivity index (χ0) is 13.7. The van der Waals surface area contributed by atoms with Gasteiger partial charge in [0, 0.05) is 18.9 Å². The number of nitrogens with one attached hydrogen (secondary N) is 1. The molecule has 0 aliphatic carbocycles. The van der Waals surface area contributed by atoms with Crippen LogP contribution in [0.25, 0.3) is 0 Å². The van der Waals surface area contributed by atoms with Crippen molar-refractivity contribution in [1.29, 1.82) is 0 Å². The molecule has 0 spiro atoms. The van der Waals surface area contributed by atoms with Gasteiger partial charge in [-0.3, -0.25) is 9.78 Å². The summed E-state index contributed by atoms with van der Waals surface area (Å²) >= 11 is 0. The van der Waals surface area contributed by atoms with Gasteiger partial charge in [-0.05, 0) is 30.2 Å². The highest BCUT2D eigenvalue weighted by Crippen LogP contribution is 2.22. The molecule has 4 nitrogen and oxygen atoms in total. The molecule has 98 valence electrons. The topological polar surface area (TPSA) is 51.2 Å². The van der Waals surface area contributed by atoms with Crippen molar-refractivity contribution in [3.05, 3.63) is 59.4 Å². The Kier molecular flexibility index (Phi) is 4.13. The molecule has 1 N–H and O–H groups in total. The quantitative estimate of drug-likeness (QED) is 0.913. The van der Waals surface area contributed by atoms with E-state index in [0.29, 0.717) is 17.9 Å². The third kappa shape index (κ3) is 3.10. The number of aryl methyl sites for hydroxylation is 1. The van der Waals surface area contributed by atoms with E-state index in [2.05, 4.69) is 10.3 Å². The van der Waals surface area contributed by atoms with Crippen LogP contribution in [-0.2, 0) is 6.54 Å². The van der Waals surface area contributed by atoms with Crippen LogP contribution in [-0.4, -0.2) is 18.0 Å². The summed E-state index contributed by atoms with van der Waals surface area (Å²) in [6.45, 7) is 2.36. The number of amides is 1. The molecular weight excluding hydrogens is 240 g/mol. The minimum absolute atomic E-state index is 0.149. The molecule has 0 bridgehead atoms. The molecule has 0 aliphatic rings. The van der Waals surface area contributed by atoms with Gasteiger partial charge in [0.25, 0.3) is 5.91 Å². The molecule has 0 atom stereocenters. The molecule has 0 unspecified atom stereocenters. The first-order chi connectivity index (χ1) is 9.22. The molecule has 1 heterocycles. The first-order valence-corrected chi connectivity index (χ1v) is 6.03. The van der Waals surface area contributed by atoms with Gasteiger partial charge < -0.3 is 10.1 Å². The first-order valence-electron chi connectivity index (χ1n) is 6.03. The predicted octanol–water partition coefficient (Wildman–Crippen LogP) is 2.33. The first kappa shape index (κ1) is 13.1. The molecule has 2 rings (SSSR count). The Bertz CT molecular complexity index is 568. The summed E-state index contributed by atoms with van der Waals surface area (Å²) in [4.78, 5) is 16.1. The summed E-state index contributed by atoms with van der Waals surface area (Å²) in [5, 5.41) is 2.86. The Morgan fingerprint density at radius 1 is 1.32 bits per heavy atom. The second kappa shape index (κ2) is 6.00. The molecule has 0 saturated heterocycles. The number of methoxy groups -OCH3 is 1. The number of pyridine rings is 1. The van der Waals surface area contributed by atoms with E-state index in [9.17, 15) is 4.79 Å². The van der Waals surface area contributed by atoms with Gasteiger partial charge in [0.2, 0.25) is 0 Å². The lowest BCUT2D eigenvalue weighted by Gasteiger charge is -2.11. The van der Waals surface area contributed by atoms with Gasteiger partial charge in [0.15, 0.2) is 0 Å². The third-order valence-electron chi connectivity index (χ3n) is 2.84. The van der Waals surface area contributed by atoms with E-state index in [4.69, 9.17) is 4.74 Å². The number of para-hydroxylation sites is 1. The van der Waals surface area contributed by atoms with Crippen LogP contribution >= 0.6 is 0 Å². The molecule has 1 aromatic heterocycles. The van der Waals surface area contributed by atoms with Crippen molar-refractivity contribution in [3.8, 4) is 5.75 Å². The fourth-order valence-corrected chi connectivity index (χ4v) is 1.88. The van der Waals surface area contributed by atoms with Crippen molar-refractivity contribution in [2.75, 3.05) is 7.11 Å². The fraction of sp³-hybridized carbons (Fsp3) is 0.200. The minimum Gasteiger partial charge on any atom is -0.496 e. The van der Waals surface area contributed by atoms with Crippen LogP contribution in [0.4, 0.5) is 0 Å². The molecule has 0 aliphatic heterocycles. The van der Waals surface area contributed by atoms with Crippen LogP contribution in [0.5, 0.6) is 5.75 Å². The van der Waals surface area contributed by atoms with Crippen LogP contribution in [0.2, 0.25) is 0 Å². The maximum atomic E-state index is 12.1. The van der Waals surface area contributed by atoms with Crippen molar-refractivity contribution >= 4 is 5.91 Å². The van der Waals surface area contributed by atoms with Gasteiger partial charge in [0.1, 0.15) is 5.75 Å². The molecule has 0 fully saturated rings. The lowest BCUT2D eigenvalue weighted by molar-refractivity contribution is 0.0947. The molecule has 2 aromatic rings. The van der Waals surface area contributed by atoms with Gasteiger partial charge in [-0.1, -0.05) is 18.2 Å². The van der Waals surface area contributed by atoms with Crippen molar-refractivity contribution in [2.24, 2.45) is 0 Å². The highest BCUT2D eigenvalue weighted by Gasteiger charge is 2.13. The number of hydrogen-bond acceptors (Lipinski definition) is 3. The highest BCUT2D eigenvalue weighted by atomic mass is 16.5. The Labute approximate surface area is 112 Å². The van der Waals surface area contributed by atoms with Gasteiger partial charge in [-0.15, -0.1) is 0 Å². The van der Waals surface area contributed by atoms with Crippen LogP contribution in [0, 0.1) is 6.92 Å². The SMILES string of the molecule is COc1c(C)cccc1C(=O)NCc1cccnc1. The van der Waals surface area contributed by atoms with Gasteiger partial charge >= 0.3 is 0 Å². The van der Waals surface area contributed by atoms with Crippen molar-refractivity contribution in [1.82, 2.24) is 10.3 Å². The van der Waals surface area contributed by atoms with Crippen LogP contribution in [0.1, 0.15) is 21.5 Å². The second-order valence-corrected chi connectivity index (χ2v) is 4.20. The average molecular weight is 256 g/mol. The lowest BCUT2D eigenvalue weighted by Crippen LogP contribution is -2.23. The molecular formula is C15H16N2O2. The normalized spacial score (nSPS) is 10.0. The number of carbonyl (C=O) groups excluding carboxylic acids is 1. The molecule has 1 aromatic carbocycles. The van der Waals surface area contributed by atoms with Gasteiger partial charge in [-0.2, -0.15) is 0 Å². The number of aromatic nitrogens is 1. The maximum Gasteiger partial charge on any atom is 0.255 e. The molecule has 4 heteroatoms. The van der Waals surface area contributed by atoms with Crippen LogP contribution < -0.4 is 10.1 Å². The summed E-state index contributed by atoms with van der Waals surface area (Å²) in [6.07, 6.45) is 3.43. The fourth-order valence-electron chi connectivity index (χ4n) is 1.88. The number of nitrogens with zero attached hydrogens (tertiary/aromatic N) is 1. The minimum atomic E-state index is -0.149. The molecule has 19 heavy (non-hydrogen) atoms. The summed E-state index contributed by atoms with van der Waals surface area (Å²) in [7, 11) is 1.57.